The first kappa shape index (κ1) is 23.1. The van der Waals surface area contributed by atoms with Gasteiger partial charge < -0.3 is 0 Å². The van der Waals surface area contributed by atoms with Crippen LogP contribution in [0, 0.1) is 46.3 Å². The van der Waals surface area contributed by atoms with Crippen molar-refractivity contribution >= 4 is 5.97 Å². The number of fused-ring (bicyclic) bond motifs is 5. The van der Waals surface area contributed by atoms with Crippen molar-refractivity contribution in [3.8, 4) is 0 Å². The minimum absolute atomic E-state index is 0.206. The monoisotopic (exact) mass is 430 g/mol. The van der Waals surface area contributed by atoms with Crippen molar-refractivity contribution in [3.63, 3.8) is 0 Å². The molecule has 7 unspecified atom stereocenters. The molecule has 0 amide bonds. The normalized spacial score (nSPS) is 43.4. The molecule has 0 spiro atoms. The molecule has 3 fully saturated rings. The van der Waals surface area contributed by atoms with Gasteiger partial charge in [-0.1, -0.05) is 44.1 Å². The van der Waals surface area contributed by atoms with E-state index in [2.05, 4.69) is 51.7 Å². The maximum atomic E-state index is 12.1. The van der Waals surface area contributed by atoms with Crippen LogP contribution >= 0.6 is 0 Å². The number of allylic oxidation sites excluding steroid dienone is 4. The Morgan fingerprint density at radius 1 is 1.23 bits per heavy atom. The first-order valence-corrected chi connectivity index (χ1v) is 12.9. The van der Waals surface area contributed by atoms with Gasteiger partial charge in [-0.15, -0.1) is 0 Å². The molecule has 0 saturated heterocycles. The summed E-state index contributed by atoms with van der Waals surface area (Å²) in [6.45, 7) is 11.9. The van der Waals surface area contributed by atoms with Crippen LogP contribution in [0.2, 0.25) is 0 Å². The fraction of sp³-hybridized carbons (Fsp3) is 0.821. The highest BCUT2D eigenvalue weighted by Gasteiger charge is 2.59. The predicted octanol–water partition coefficient (Wildman–Crippen LogP) is 7.99. The highest BCUT2D eigenvalue weighted by Crippen LogP contribution is 2.67. The molecule has 4 rings (SSSR count). The van der Waals surface area contributed by atoms with Gasteiger partial charge in [-0.2, -0.15) is 0 Å². The zero-order valence-corrected chi connectivity index (χ0v) is 20.4. The van der Waals surface area contributed by atoms with Gasteiger partial charge in [-0.25, -0.2) is 4.79 Å². The van der Waals surface area contributed by atoms with E-state index in [1.54, 1.807) is 11.1 Å². The first-order valence-electron chi connectivity index (χ1n) is 12.9. The average molecular weight is 431 g/mol. The summed E-state index contributed by atoms with van der Waals surface area (Å²) in [5.41, 5.74) is 4.12. The second-order valence-corrected chi connectivity index (χ2v) is 11.9. The summed E-state index contributed by atoms with van der Waals surface area (Å²) in [5, 5.41) is 0. The van der Waals surface area contributed by atoms with Gasteiger partial charge in [0.05, 0.1) is 0 Å². The van der Waals surface area contributed by atoms with Crippen LogP contribution in [0.15, 0.2) is 23.3 Å². The summed E-state index contributed by atoms with van der Waals surface area (Å²) in [6, 6.07) is 0. The van der Waals surface area contributed by atoms with E-state index in [0.29, 0.717) is 22.7 Å². The number of halogens is 1. The van der Waals surface area contributed by atoms with E-state index in [-0.39, 0.29) is 6.42 Å². The van der Waals surface area contributed by atoms with Crippen LogP contribution in [0.4, 0.5) is 4.53 Å². The van der Waals surface area contributed by atoms with E-state index in [0.717, 1.165) is 30.1 Å². The number of carbonyl (C=O) groups is 1. The van der Waals surface area contributed by atoms with Crippen molar-refractivity contribution in [2.24, 2.45) is 46.3 Å². The lowest BCUT2D eigenvalue weighted by atomic mass is 9.46. The summed E-state index contributed by atoms with van der Waals surface area (Å²) < 4.78 is 12.1. The van der Waals surface area contributed by atoms with Crippen LogP contribution in [-0.4, -0.2) is 5.97 Å². The van der Waals surface area contributed by atoms with Gasteiger partial charge in [-0.3, -0.25) is 4.94 Å². The molecule has 0 aromatic carbocycles. The third-order valence-electron chi connectivity index (χ3n) is 10.9. The molecule has 3 heteroatoms. The summed E-state index contributed by atoms with van der Waals surface area (Å²) in [6.07, 6.45) is 16.5. The molecule has 2 nitrogen and oxygen atoms in total. The predicted molar refractivity (Wildman–Crippen MR) is 124 cm³/mol. The molecule has 4 aliphatic rings. The largest absolute Gasteiger partial charge is 0.348 e. The zero-order chi connectivity index (χ0) is 22.4. The maximum absolute atomic E-state index is 12.1. The second kappa shape index (κ2) is 8.67. The van der Waals surface area contributed by atoms with E-state index < -0.39 is 5.97 Å². The Bertz CT molecular complexity index is 754. The Balaban J connectivity index is 1.50. The summed E-state index contributed by atoms with van der Waals surface area (Å²) >= 11 is 0. The van der Waals surface area contributed by atoms with Crippen LogP contribution in [0.25, 0.3) is 0 Å². The topological polar surface area (TPSA) is 26.3 Å². The quantitative estimate of drug-likeness (QED) is 0.413. The van der Waals surface area contributed by atoms with Crippen LogP contribution in [0.5, 0.6) is 0 Å². The van der Waals surface area contributed by atoms with Crippen molar-refractivity contribution < 1.29 is 14.3 Å². The number of rotatable bonds is 5. The lowest BCUT2D eigenvalue weighted by Crippen LogP contribution is -2.50. The van der Waals surface area contributed by atoms with Crippen molar-refractivity contribution in [3.05, 3.63) is 23.3 Å². The van der Waals surface area contributed by atoms with Crippen LogP contribution in [-0.2, 0) is 9.74 Å². The Labute approximate surface area is 189 Å². The van der Waals surface area contributed by atoms with E-state index >= 15 is 0 Å². The fourth-order valence-corrected chi connectivity index (χ4v) is 8.85. The SMILES string of the molecule is CC=C(C)C1CCC2(C)C(=CCC3C2CCC2(C)C3CCC2[C@H](C)CCC(=O)OF)C1. The molecule has 174 valence electrons. The Kier molecular flexibility index (Phi) is 6.45. The lowest BCUT2D eigenvalue weighted by Gasteiger charge is -2.58. The molecule has 0 aromatic heterocycles. The third kappa shape index (κ3) is 3.82. The van der Waals surface area contributed by atoms with E-state index in [1.807, 2.05) is 0 Å². The van der Waals surface area contributed by atoms with Crippen molar-refractivity contribution in [1.29, 1.82) is 0 Å². The molecule has 4 aliphatic carbocycles. The molecule has 0 N–H and O–H groups in total. The molecular formula is C28H43FO2. The standard InChI is InChI=1S/C28H43FO2/c1-6-18(2)20-13-15-27(4)21(17-20)8-9-22-24-11-10-23(19(3)7-12-26(30)31-29)28(24,5)16-14-25(22)27/h6,8,19-20,22-25H,7,9-17H2,1-5H3/t19-,20?,22?,23?,24?,25?,27?,28?/m1/s1. The van der Waals surface area contributed by atoms with Gasteiger partial charge in [0.1, 0.15) is 0 Å². The molecule has 0 heterocycles. The molecular weight excluding hydrogens is 387 g/mol. The van der Waals surface area contributed by atoms with Crippen LogP contribution in [0.3, 0.4) is 0 Å². The second-order valence-electron chi connectivity index (χ2n) is 11.9. The minimum atomic E-state index is -0.711. The van der Waals surface area contributed by atoms with Crippen LogP contribution in [0.1, 0.15) is 98.8 Å². The third-order valence-corrected chi connectivity index (χ3v) is 10.9. The molecule has 0 aliphatic heterocycles. The van der Waals surface area contributed by atoms with Gasteiger partial charge in [0.15, 0.2) is 0 Å². The van der Waals surface area contributed by atoms with Crippen LogP contribution < -0.4 is 0 Å². The molecule has 3 saturated carbocycles. The fourth-order valence-electron chi connectivity index (χ4n) is 8.85. The Hall–Kier alpha value is -1.12. The number of hydrogen-bond donors (Lipinski definition) is 0. The lowest BCUT2D eigenvalue weighted by molar-refractivity contribution is -0.184. The van der Waals surface area contributed by atoms with Crippen molar-refractivity contribution in [2.45, 2.75) is 98.8 Å². The Morgan fingerprint density at radius 2 is 2.00 bits per heavy atom. The van der Waals surface area contributed by atoms with Gasteiger partial charge in [0.2, 0.25) is 0 Å². The van der Waals surface area contributed by atoms with E-state index in [1.165, 1.54) is 51.4 Å². The van der Waals surface area contributed by atoms with E-state index in [4.69, 9.17) is 0 Å². The highest BCUT2D eigenvalue weighted by molar-refractivity contribution is 5.68. The van der Waals surface area contributed by atoms with Crippen molar-refractivity contribution in [2.75, 3.05) is 0 Å². The number of hydrogen-bond acceptors (Lipinski definition) is 2. The van der Waals surface area contributed by atoms with Gasteiger partial charge in [-0.05, 0) is 118 Å². The molecule has 8 atom stereocenters. The Morgan fingerprint density at radius 3 is 2.71 bits per heavy atom. The van der Waals surface area contributed by atoms with Gasteiger partial charge >= 0.3 is 5.97 Å². The summed E-state index contributed by atoms with van der Waals surface area (Å²) in [7, 11) is 0. The van der Waals surface area contributed by atoms with Crippen molar-refractivity contribution in [1.82, 2.24) is 0 Å². The first-order chi connectivity index (χ1) is 14.7. The molecule has 31 heavy (non-hydrogen) atoms. The van der Waals surface area contributed by atoms with E-state index in [9.17, 15) is 9.32 Å². The molecule has 0 bridgehead atoms. The summed E-state index contributed by atoms with van der Waals surface area (Å²) in [4.78, 5) is 14.7. The molecule has 0 aromatic rings. The average Bonchev–Trinajstić information content (AvgIpc) is 3.13. The minimum Gasteiger partial charge on any atom is -0.255 e. The highest BCUT2D eigenvalue weighted by atomic mass is 19.3. The van der Waals surface area contributed by atoms with Gasteiger partial charge in [0, 0.05) is 10.9 Å². The number of carbonyl (C=O) groups excluding carboxylic acids is 1. The summed E-state index contributed by atoms with van der Waals surface area (Å²) in [5.74, 6) is 3.61. The van der Waals surface area contributed by atoms with Gasteiger partial charge in [0.25, 0.3) is 0 Å². The zero-order valence-electron chi connectivity index (χ0n) is 20.4. The maximum Gasteiger partial charge on any atom is 0.348 e. The smallest absolute Gasteiger partial charge is 0.255 e. The molecule has 0 radical (unpaired) electrons.